The van der Waals surface area contributed by atoms with Gasteiger partial charge >= 0.3 is 11.9 Å². The van der Waals surface area contributed by atoms with Gasteiger partial charge in [-0.05, 0) is 48.0 Å². The highest BCUT2D eigenvalue weighted by Gasteiger charge is 2.52. The normalized spacial score (nSPS) is 19.3. The molecule has 1 aliphatic heterocycles. The number of nitrogens with two attached hydrogens (primary N) is 1. The van der Waals surface area contributed by atoms with Gasteiger partial charge in [-0.2, -0.15) is 5.26 Å². The van der Waals surface area contributed by atoms with Crippen LogP contribution in [0.3, 0.4) is 0 Å². The Bertz CT molecular complexity index is 818. The summed E-state index contributed by atoms with van der Waals surface area (Å²) in [6.07, 6.45) is 1.45. The second-order valence-corrected chi connectivity index (χ2v) is 7.06. The first kappa shape index (κ1) is 20.4. The number of hydrogen-bond acceptors (Lipinski definition) is 7. The van der Waals surface area contributed by atoms with Gasteiger partial charge in [-0.3, -0.25) is 10.5 Å². The van der Waals surface area contributed by atoms with E-state index in [2.05, 4.69) is 31.9 Å². The number of benzene rings is 1. The molecular weight excluding hydrogens is 472 g/mol. The zero-order valence-corrected chi connectivity index (χ0v) is 17.2. The first-order valence-electron chi connectivity index (χ1n) is 7.70. The highest BCUT2D eigenvalue weighted by molar-refractivity contribution is 9.11. The highest BCUT2D eigenvalue weighted by atomic mass is 79.9. The van der Waals surface area contributed by atoms with Gasteiger partial charge in [0.25, 0.3) is 0 Å². The molecule has 1 aromatic carbocycles. The molecule has 0 amide bonds. The van der Waals surface area contributed by atoms with Crippen LogP contribution in [-0.2, 0) is 19.1 Å². The number of nitrogens with zero attached hydrogens (tertiary/aromatic N) is 1. The molecule has 2 rings (SSSR count). The van der Waals surface area contributed by atoms with Gasteiger partial charge in [0, 0.05) is 10.0 Å². The maximum atomic E-state index is 12.5. The Balaban J connectivity index is 2.65. The van der Waals surface area contributed by atoms with Crippen molar-refractivity contribution >= 4 is 49.9 Å². The lowest BCUT2D eigenvalue weighted by Crippen LogP contribution is -2.59. The van der Waals surface area contributed by atoms with Crippen LogP contribution in [0.25, 0.3) is 6.08 Å². The van der Waals surface area contributed by atoms with Crippen LogP contribution in [0.4, 0.5) is 0 Å². The summed E-state index contributed by atoms with van der Waals surface area (Å²) in [6, 6.07) is 5.22. The third kappa shape index (κ3) is 3.77. The fraction of sp³-hybridized carbons (Fsp3) is 0.353. The Kier molecular flexibility index (Phi) is 6.44. The van der Waals surface area contributed by atoms with Crippen molar-refractivity contribution < 1.29 is 23.8 Å². The SMILES string of the molecule is CCOC(=O)C1=Cc2cc(Br)cc(Br)c2O[C@]1(N)[C@H](C#N)C(=O)OCC. The van der Waals surface area contributed by atoms with Crippen molar-refractivity contribution in [3.63, 3.8) is 0 Å². The van der Waals surface area contributed by atoms with Crippen molar-refractivity contribution in [2.75, 3.05) is 13.2 Å². The molecule has 0 saturated carbocycles. The molecular formula is C17H16Br2N2O5. The number of nitriles is 1. The topological polar surface area (TPSA) is 112 Å². The van der Waals surface area contributed by atoms with E-state index >= 15 is 0 Å². The van der Waals surface area contributed by atoms with Crippen molar-refractivity contribution in [2.24, 2.45) is 11.7 Å². The minimum atomic E-state index is -2.06. The summed E-state index contributed by atoms with van der Waals surface area (Å²) in [5.74, 6) is -2.93. The highest BCUT2D eigenvalue weighted by Crippen LogP contribution is 2.43. The lowest BCUT2D eigenvalue weighted by atomic mass is 9.86. The van der Waals surface area contributed by atoms with Crippen molar-refractivity contribution in [1.29, 1.82) is 5.26 Å². The Morgan fingerprint density at radius 2 is 1.96 bits per heavy atom. The average molecular weight is 488 g/mol. The van der Waals surface area contributed by atoms with E-state index in [0.717, 1.165) is 4.47 Å². The summed E-state index contributed by atoms with van der Waals surface area (Å²) >= 11 is 6.71. The Hall–Kier alpha value is -1.89. The predicted octanol–water partition coefficient (Wildman–Crippen LogP) is 2.91. The Labute approximate surface area is 167 Å². The van der Waals surface area contributed by atoms with E-state index in [4.69, 9.17) is 19.9 Å². The molecule has 0 aromatic heterocycles. The number of fused-ring (bicyclic) bond motifs is 1. The smallest absolute Gasteiger partial charge is 0.339 e. The van der Waals surface area contributed by atoms with Gasteiger partial charge in [0.15, 0.2) is 0 Å². The lowest BCUT2D eigenvalue weighted by molar-refractivity contribution is -0.152. The molecule has 138 valence electrons. The fourth-order valence-corrected chi connectivity index (χ4v) is 3.82. The van der Waals surface area contributed by atoms with Crippen LogP contribution in [-0.4, -0.2) is 30.9 Å². The second-order valence-electron chi connectivity index (χ2n) is 5.29. The first-order valence-corrected chi connectivity index (χ1v) is 9.29. The van der Waals surface area contributed by atoms with E-state index < -0.39 is 23.6 Å². The van der Waals surface area contributed by atoms with Crippen LogP contribution < -0.4 is 10.5 Å². The maximum absolute atomic E-state index is 12.5. The minimum absolute atomic E-state index is 0.0543. The molecule has 0 unspecified atom stereocenters. The summed E-state index contributed by atoms with van der Waals surface area (Å²) < 4.78 is 17.0. The van der Waals surface area contributed by atoms with Gasteiger partial charge in [-0.15, -0.1) is 0 Å². The number of esters is 2. The number of carbonyl (C=O) groups excluding carboxylic acids is 2. The minimum Gasteiger partial charge on any atom is -0.465 e. The number of ether oxygens (including phenoxy) is 3. The Morgan fingerprint density at radius 3 is 2.54 bits per heavy atom. The molecule has 2 N–H and O–H groups in total. The summed E-state index contributed by atoms with van der Waals surface area (Å²) in [4.78, 5) is 24.7. The molecule has 0 bridgehead atoms. The molecule has 0 saturated heterocycles. The third-order valence-electron chi connectivity index (χ3n) is 3.60. The largest absolute Gasteiger partial charge is 0.465 e. The van der Waals surface area contributed by atoms with E-state index in [1.165, 1.54) is 6.08 Å². The first-order chi connectivity index (χ1) is 12.3. The van der Waals surface area contributed by atoms with Crippen LogP contribution in [0.1, 0.15) is 19.4 Å². The van der Waals surface area contributed by atoms with Crippen LogP contribution in [0.5, 0.6) is 5.75 Å². The van der Waals surface area contributed by atoms with E-state index in [0.29, 0.717) is 15.8 Å². The molecule has 26 heavy (non-hydrogen) atoms. The van der Waals surface area contributed by atoms with Crippen LogP contribution >= 0.6 is 31.9 Å². The van der Waals surface area contributed by atoms with E-state index in [9.17, 15) is 14.9 Å². The molecule has 1 heterocycles. The number of rotatable bonds is 5. The van der Waals surface area contributed by atoms with Gasteiger partial charge < -0.3 is 14.2 Å². The molecule has 1 aliphatic rings. The van der Waals surface area contributed by atoms with Gasteiger partial charge in [0.2, 0.25) is 11.6 Å². The second kappa shape index (κ2) is 8.20. The summed E-state index contributed by atoms with van der Waals surface area (Å²) in [6.45, 7) is 3.38. The lowest BCUT2D eigenvalue weighted by Gasteiger charge is -2.37. The van der Waals surface area contributed by atoms with Crippen LogP contribution in [0.15, 0.2) is 26.7 Å². The third-order valence-corrected chi connectivity index (χ3v) is 4.65. The van der Waals surface area contributed by atoms with Crippen LogP contribution in [0.2, 0.25) is 0 Å². The molecule has 0 spiro atoms. The van der Waals surface area contributed by atoms with Crippen molar-refractivity contribution in [2.45, 2.75) is 19.6 Å². The van der Waals surface area contributed by atoms with E-state index in [1.807, 2.05) is 0 Å². The zero-order valence-electron chi connectivity index (χ0n) is 14.0. The number of carbonyl (C=O) groups is 2. The monoisotopic (exact) mass is 486 g/mol. The van der Waals surface area contributed by atoms with Gasteiger partial charge in [0.05, 0.1) is 29.3 Å². The standard InChI is InChI=1S/C17H16Br2N2O5/c1-3-24-15(22)11-6-9-5-10(18)7-13(19)14(9)26-17(11,21)12(8-20)16(23)25-4-2/h5-7,12H,3-4,21H2,1-2H3/t12-,17+/m1/s1. The molecule has 1 aromatic rings. The van der Waals surface area contributed by atoms with Crippen molar-refractivity contribution in [3.8, 4) is 11.8 Å². The Morgan fingerprint density at radius 1 is 1.31 bits per heavy atom. The fourth-order valence-electron chi connectivity index (χ4n) is 2.48. The molecule has 0 radical (unpaired) electrons. The zero-order chi connectivity index (χ0) is 19.5. The van der Waals surface area contributed by atoms with Gasteiger partial charge in [0.1, 0.15) is 5.75 Å². The quantitative estimate of drug-likeness (QED) is 0.635. The summed E-state index contributed by atoms with van der Waals surface area (Å²) in [5, 5.41) is 9.52. The van der Waals surface area contributed by atoms with Gasteiger partial charge in [-0.1, -0.05) is 15.9 Å². The maximum Gasteiger partial charge on any atom is 0.339 e. The summed E-state index contributed by atoms with van der Waals surface area (Å²) in [7, 11) is 0. The molecule has 0 aliphatic carbocycles. The average Bonchev–Trinajstić information content (AvgIpc) is 2.56. The predicted molar refractivity (Wildman–Crippen MR) is 99.7 cm³/mol. The molecule has 0 fully saturated rings. The number of hydrogen-bond donors (Lipinski definition) is 1. The molecule has 2 atom stereocenters. The number of halogens is 2. The summed E-state index contributed by atoms with van der Waals surface area (Å²) in [5.41, 5.74) is 4.63. The van der Waals surface area contributed by atoms with E-state index in [1.54, 1.807) is 32.0 Å². The van der Waals surface area contributed by atoms with Crippen molar-refractivity contribution in [3.05, 3.63) is 32.2 Å². The molecule has 9 heteroatoms. The molecule has 7 nitrogen and oxygen atoms in total. The van der Waals surface area contributed by atoms with E-state index in [-0.39, 0.29) is 18.8 Å². The van der Waals surface area contributed by atoms with Crippen molar-refractivity contribution in [1.82, 2.24) is 0 Å². The van der Waals surface area contributed by atoms with Crippen LogP contribution in [0, 0.1) is 17.2 Å². The van der Waals surface area contributed by atoms with Gasteiger partial charge in [-0.25, -0.2) is 4.79 Å².